The number of hydrogen-bond donors (Lipinski definition) is 1. The quantitative estimate of drug-likeness (QED) is 0.885. The fourth-order valence-electron chi connectivity index (χ4n) is 2.98. The van der Waals surface area contributed by atoms with E-state index >= 15 is 0 Å². The maximum Gasteiger partial charge on any atom is 0.132 e. The summed E-state index contributed by atoms with van der Waals surface area (Å²) in [7, 11) is 0. The third-order valence-corrected chi connectivity index (χ3v) is 4.24. The fraction of sp³-hybridized carbons (Fsp3) is 0.688. The van der Waals surface area contributed by atoms with Crippen molar-refractivity contribution < 1.29 is 0 Å². The average Bonchev–Trinajstić information content (AvgIpc) is 2.47. The molecule has 3 nitrogen and oxygen atoms in total. The van der Waals surface area contributed by atoms with Crippen molar-refractivity contribution in [3.8, 4) is 0 Å². The van der Waals surface area contributed by atoms with Crippen LogP contribution < -0.4 is 10.6 Å². The minimum Gasteiger partial charge on any atom is -0.353 e. The minimum atomic E-state index is 0.243. The lowest BCUT2D eigenvalue weighted by atomic mass is 9.98. The Balaban J connectivity index is 2.22. The highest BCUT2D eigenvalue weighted by Gasteiger charge is 2.24. The molecular formula is C16H27N3. The average molecular weight is 261 g/mol. The number of pyridine rings is 1. The lowest BCUT2D eigenvalue weighted by Gasteiger charge is -2.37. The van der Waals surface area contributed by atoms with Gasteiger partial charge in [-0.1, -0.05) is 19.9 Å². The Hall–Kier alpha value is -1.09. The van der Waals surface area contributed by atoms with Crippen molar-refractivity contribution in [3.63, 3.8) is 0 Å². The van der Waals surface area contributed by atoms with E-state index in [1.54, 1.807) is 0 Å². The molecule has 2 N–H and O–H groups in total. The number of nitrogens with two attached hydrogens (primary N) is 1. The highest BCUT2D eigenvalue weighted by Crippen LogP contribution is 2.28. The smallest absolute Gasteiger partial charge is 0.132 e. The van der Waals surface area contributed by atoms with Crippen LogP contribution in [0.2, 0.25) is 0 Å². The van der Waals surface area contributed by atoms with Gasteiger partial charge in [0.2, 0.25) is 0 Å². The summed E-state index contributed by atoms with van der Waals surface area (Å²) in [6.07, 6.45) is 9.01. The normalized spacial score (nSPS) is 21.4. The zero-order valence-corrected chi connectivity index (χ0v) is 12.3. The molecule has 1 aromatic rings. The second-order valence-electron chi connectivity index (χ2n) is 5.61. The molecule has 0 amide bonds. The number of anilines is 1. The third kappa shape index (κ3) is 3.47. The maximum absolute atomic E-state index is 6.12. The first-order chi connectivity index (χ1) is 9.26. The van der Waals surface area contributed by atoms with Crippen LogP contribution in [0.1, 0.15) is 51.5 Å². The Labute approximate surface area is 117 Å². The predicted octanol–water partition coefficient (Wildman–Crippen LogP) is 3.13. The summed E-state index contributed by atoms with van der Waals surface area (Å²) < 4.78 is 0. The summed E-state index contributed by atoms with van der Waals surface area (Å²) in [5, 5.41) is 0. The van der Waals surface area contributed by atoms with E-state index < -0.39 is 0 Å². The Morgan fingerprint density at radius 2 is 2.26 bits per heavy atom. The van der Waals surface area contributed by atoms with Crippen molar-refractivity contribution >= 4 is 5.82 Å². The first-order valence-electron chi connectivity index (χ1n) is 7.72. The van der Waals surface area contributed by atoms with Crippen LogP contribution in [0.3, 0.4) is 0 Å². The SMILES string of the molecule is CCC(N)Cc1cccnc1N1CCCCC1CC. The molecule has 2 atom stereocenters. The van der Waals surface area contributed by atoms with Crippen molar-refractivity contribution in [3.05, 3.63) is 23.9 Å². The molecule has 2 heterocycles. The van der Waals surface area contributed by atoms with E-state index in [0.717, 1.165) is 19.4 Å². The van der Waals surface area contributed by atoms with Gasteiger partial charge in [-0.3, -0.25) is 0 Å². The molecule has 0 aromatic carbocycles. The lowest BCUT2D eigenvalue weighted by Crippen LogP contribution is -2.40. The molecule has 1 aliphatic rings. The van der Waals surface area contributed by atoms with Crippen LogP contribution in [-0.4, -0.2) is 23.6 Å². The molecule has 0 bridgehead atoms. The van der Waals surface area contributed by atoms with Crippen LogP contribution in [0.4, 0.5) is 5.82 Å². The van der Waals surface area contributed by atoms with Gasteiger partial charge in [0.15, 0.2) is 0 Å². The molecule has 0 aliphatic carbocycles. The molecule has 2 unspecified atom stereocenters. The largest absolute Gasteiger partial charge is 0.353 e. The van der Waals surface area contributed by atoms with Crippen molar-refractivity contribution in [2.45, 2.75) is 64.5 Å². The number of aromatic nitrogens is 1. The summed E-state index contributed by atoms with van der Waals surface area (Å²) in [4.78, 5) is 7.17. The van der Waals surface area contributed by atoms with Gasteiger partial charge in [0.1, 0.15) is 5.82 Å². The van der Waals surface area contributed by atoms with Crippen LogP contribution in [0.15, 0.2) is 18.3 Å². The van der Waals surface area contributed by atoms with Gasteiger partial charge in [-0.05, 0) is 50.2 Å². The predicted molar refractivity (Wildman–Crippen MR) is 81.5 cm³/mol. The van der Waals surface area contributed by atoms with E-state index in [-0.39, 0.29) is 6.04 Å². The molecule has 0 saturated carbocycles. The number of hydrogen-bond acceptors (Lipinski definition) is 3. The molecule has 0 spiro atoms. The van der Waals surface area contributed by atoms with Gasteiger partial charge in [0.25, 0.3) is 0 Å². The van der Waals surface area contributed by atoms with Crippen LogP contribution in [0.5, 0.6) is 0 Å². The molecule has 2 rings (SSSR count). The highest BCUT2D eigenvalue weighted by atomic mass is 15.2. The van der Waals surface area contributed by atoms with Gasteiger partial charge < -0.3 is 10.6 Å². The van der Waals surface area contributed by atoms with E-state index in [9.17, 15) is 0 Å². The monoisotopic (exact) mass is 261 g/mol. The number of piperidine rings is 1. The van der Waals surface area contributed by atoms with E-state index in [0.29, 0.717) is 6.04 Å². The minimum absolute atomic E-state index is 0.243. The number of nitrogens with zero attached hydrogens (tertiary/aromatic N) is 2. The lowest BCUT2D eigenvalue weighted by molar-refractivity contribution is 0.445. The van der Waals surface area contributed by atoms with E-state index in [4.69, 9.17) is 5.73 Å². The summed E-state index contributed by atoms with van der Waals surface area (Å²) in [5.41, 5.74) is 7.44. The van der Waals surface area contributed by atoms with Gasteiger partial charge in [0.05, 0.1) is 0 Å². The van der Waals surface area contributed by atoms with Crippen LogP contribution in [0, 0.1) is 0 Å². The van der Waals surface area contributed by atoms with Gasteiger partial charge >= 0.3 is 0 Å². The van der Waals surface area contributed by atoms with Crippen molar-refractivity contribution in [1.82, 2.24) is 4.98 Å². The Morgan fingerprint density at radius 1 is 1.42 bits per heavy atom. The fourth-order valence-corrected chi connectivity index (χ4v) is 2.98. The van der Waals surface area contributed by atoms with Crippen LogP contribution >= 0.6 is 0 Å². The standard InChI is InChI=1S/C16H27N3/c1-3-14(17)12-13-8-7-10-18-16(13)19-11-6-5-9-15(19)4-2/h7-8,10,14-15H,3-6,9,11-12,17H2,1-2H3. The molecule has 1 fully saturated rings. The maximum atomic E-state index is 6.12. The third-order valence-electron chi connectivity index (χ3n) is 4.24. The van der Waals surface area contributed by atoms with Gasteiger partial charge in [-0.2, -0.15) is 0 Å². The van der Waals surface area contributed by atoms with Crippen molar-refractivity contribution in [2.75, 3.05) is 11.4 Å². The molecule has 1 aliphatic heterocycles. The zero-order valence-electron chi connectivity index (χ0n) is 12.3. The summed E-state index contributed by atoms with van der Waals surface area (Å²) >= 11 is 0. The van der Waals surface area contributed by atoms with Gasteiger partial charge in [-0.15, -0.1) is 0 Å². The molecule has 1 saturated heterocycles. The second kappa shape index (κ2) is 6.90. The van der Waals surface area contributed by atoms with Gasteiger partial charge in [0, 0.05) is 24.8 Å². The van der Waals surface area contributed by atoms with E-state index in [1.165, 1.54) is 37.1 Å². The van der Waals surface area contributed by atoms with Gasteiger partial charge in [-0.25, -0.2) is 4.98 Å². The Bertz CT molecular complexity index is 391. The van der Waals surface area contributed by atoms with Crippen LogP contribution in [-0.2, 0) is 6.42 Å². The van der Waals surface area contributed by atoms with Crippen molar-refractivity contribution in [2.24, 2.45) is 5.73 Å². The first-order valence-corrected chi connectivity index (χ1v) is 7.72. The summed E-state index contributed by atoms with van der Waals surface area (Å²) in [6, 6.07) is 5.12. The summed E-state index contributed by atoms with van der Waals surface area (Å²) in [6.45, 7) is 5.57. The first kappa shape index (κ1) is 14.3. The van der Waals surface area contributed by atoms with E-state index in [2.05, 4.69) is 29.8 Å². The second-order valence-corrected chi connectivity index (χ2v) is 5.61. The van der Waals surface area contributed by atoms with E-state index in [1.807, 2.05) is 12.3 Å². The summed E-state index contributed by atoms with van der Waals surface area (Å²) in [5.74, 6) is 1.18. The molecular weight excluding hydrogens is 234 g/mol. The zero-order chi connectivity index (χ0) is 13.7. The molecule has 3 heteroatoms. The number of rotatable bonds is 5. The Kier molecular flexibility index (Phi) is 5.20. The van der Waals surface area contributed by atoms with Crippen molar-refractivity contribution in [1.29, 1.82) is 0 Å². The highest BCUT2D eigenvalue weighted by molar-refractivity contribution is 5.48. The Morgan fingerprint density at radius 3 is 3.00 bits per heavy atom. The molecule has 19 heavy (non-hydrogen) atoms. The van der Waals surface area contributed by atoms with Crippen LogP contribution in [0.25, 0.3) is 0 Å². The molecule has 106 valence electrons. The topological polar surface area (TPSA) is 42.1 Å². The molecule has 0 radical (unpaired) electrons. The molecule has 1 aromatic heterocycles.